The van der Waals surface area contributed by atoms with Crippen LogP contribution in [-0.2, 0) is 9.47 Å². The quantitative estimate of drug-likeness (QED) is 0.305. The van der Waals surface area contributed by atoms with Crippen molar-refractivity contribution in [3.8, 4) is 0 Å². The number of unbranched alkanes of at least 4 members (excludes halogenated alkanes) is 1. The minimum atomic E-state index is -0.399. The van der Waals surface area contributed by atoms with Gasteiger partial charge in [-0.05, 0) is 51.4 Å². The lowest BCUT2D eigenvalue weighted by Gasteiger charge is -2.09. The number of rotatable bonds is 15. The fraction of sp³-hybridized carbons (Fsp3) is 0.583. The number of aliphatic hydroxyl groups excluding tert-OH is 2. The predicted octanol–water partition coefficient (Wildman–Crippen LogP) is 5.00. The summed E-state index contributed by atoms with van der Waals surface area (Å²) in [5, 5.41) is 18.3. The van der Waals surface area contributed by atoms with Crippen molar-refractivity contribution >= 4 is 0 Å². The van der Waals surface area contributed by atoms with Crippen LogP contribution in [0.5, 0.6) is 0 Å². The molecule has 28 heavy (non-hydrogen) atoms. The summed E-state index contributed by atoms with van der Waals surface area (Å²) in [7, 11) is 0. The second-order valence-corrected chi connectivity index (χ2v) is 6.78. The molecular weight excluding hydrogens is 352 g/mol. The zero-order valence-electron chi connectivity index (χ0n) is 17.3. The summed E-state index contributed by atoms with van der Waals surface area (Å²) in [6, 6.07) is 0. The Morgan fingerprint density at radius 1 is 0.643 bits per heavy atom. The summed E-state index contributed by atoms with van der Waals surface area (Å²) in [4.78, 5) is 0. The Morgan fingerprint density at radius 2 is 1.07 bits per heavy atom. The van der Waals surface area contributed by atoms with E-state index in [9.17, 15) is 0 Å². The van der Waals surface area contributed by atoms with Crippen molar-refractivity contribution in [2.45, 2.75) is 76.8 Å². The SMILES string of the molecule is CC/C=C\C/C=C\C/C=C\C/C=C\C/C=C\CCCC1O[C@@H](CO)[C@H](CO)O1. The molecule has 2 N–H and O–H groups in total. The van der Waals surface area contributed by atoms with Gasteiger partial charge in [0.2, 0.25) is 0 Å². The van der Waals surface area contributed by atoms with Gasteiger partial charge in [0.05, 0.1) is 13.2 Å². The largest absolute Gasteiger partial charge is 0.394 e. The average Bonchev–Trinajstić information content (AvgIpc) is 3.12. The standard InChI is InChI=1S/C24H38O4/c1-2-3-4-5-6-7-8-9-10-11-12-13-14-15-16-17-18-19-24-27-22(20-25)23(21-26)28-24/h3-4,6-7,9-10,12-13,15-16,22-26H,2,5,8,11,14,17-21H2,1H3/b4-3-,7-6-,10-9-,13-12-,16-15-/t22-,23-/m0/s1. The monoisotopic (exact) mass is 390 g/mol. The first kappa shape index (κ1) is 24.6. The van der Waals surface area contributed by atoms with Crippen molar-refractivity contribution in [1.29, 1.82) is 0 Å². The van der Waals surface area contributed by atoms with E-state index in [2.05, 4.69) is 67.7 Å². The highest BCUT2D eigenvalue weighted by Gasteiger charge is 2.34. The molecule has 0 spiro atoms. The molecule has 0 radical (unpaired) electrons. The molecule has 1 fully saturated rings. The van der Waals surface area contributed by atoms with Gasteiger partial charge < -0.3 is 19.7 Å². The Labute approximate surface area is 170 Å². The number of ether oxygens (including phenoxy) is 2. The lowest BCUT2D eigenvalue weighted by Crippen LogP contribution is -2.29. The summed E-state index contributed by atoms with van der Waals surface area (Å²) < 4.78 is 11.1. The summed E-state index contributed by atoms with van der Waals surface area (Å²) in [5.41, 5.74) is 0. The van der Waals surface area contributed by atoms with Gasteiger partial charge in [0.1, 0.15) is 12.2 Å². The molecule has 4 heteroatoms. The van der Waals surface area contributed by atoms with Gasteiger partial charge in [0, 0.05) is 0 Å². The Balaban J connectivity index is 1.97. The molecule has 1 saturated heterocycles. The van der Waals surface area contributed by atoms with Gasteiger partial charge >= 0.3 is 0 Å². The lowest BCUT2D eigenvalue weighted by molar-refractivity contribution is -0.0788. The Bertz CT molecular complexity index is 493. The van der Waals surface area contributed by atoms with Crippen molar-refractivity contribution in [3.63, 3.8) is 0 Å². The Morgan fingerprint density at radius 3 is 1.50 bits per heavy atom. The van der Waals surface area contributed by atoms with Gasteiger partial charge in [-0.1, -0.05) is 67.7 Å². The van der Waals surface area contributed by atoms with Gasteiger partial charge in [0.15, 0.2) is 6.29 Å². The van der Waals surface area contributed by atoms with Crippen molar-refractivity contribution in [1.82, 2.24) is 0 Å². The maximum absolute atomic E-state index is 9.16. The highest BCUT2D eigenvalue weighted by atomic mass is 16.7. The van der Waals surface area contributed by atoms with E-state index in [-0.39, 0.29) is 19.5 Å². The second kappa shape index (κ2) is 17.6. The third-order valence-electron chi connectivity index (χ3n) is 4.40. The van der Waals surface area contributed by atoms with E-state index in [0.717, 1.165) is 51.4 Å². The van der Waals surface area contributed by atoms with E-state index in [1.54, 1.807) is 0 Å². The molecule has 0 aromatic heterocycles. The van der Waals surface area contributed by atoms with Crippen LogP contribution in [0.15, 0.2) is 60.8 Å². The molecule has 1 aliphatic heterocycles. The van der Waals surface area contributed by atoms with Crippen LogP contribution in [0.3, 0.4) is 0 Å². The molecule has 1 heterocycles. The lowest BCUT2D eigenvalue weighted by atomic mass is 10.2. The molecule has 1 rings (SSSR count). The van der Waals surface area contributed by atoms with Crippen LogP contribution in [0, 0.1) is 0 Å². The number of allylic oxidation sites excluding steroid dienone is 10. The molecule has 0 aliphatic carbocycles. The van der Waals surface area contributed by atoms with Crippen LogP contribution in [0.25, 0.3) is 0 Å². The van der Waals surface area contributed by atoms with E-state index >= 15 is 0 Å². The molecule has 2 atom stereocenters. The van der Waals surface area contributed by atoms with E-state index in [4.69, 9.17) is 19.7 Å². The van der Waals surface area contributed by atoms with E-state index < -0.39 is 12.2 Å². The Kier molecular flexibility index (Phi) is 15.5. The van der Waals surface area contributed by atoms with E-state index in [1.807, 2.05) is 0 Å². The van der Waals surface area contributed by atoms with Gasteiger partial charge in [0.25, 0.3) is 0 Å². The van der Waals surface area contributed by atoms with Crippen molar-refractivity contribution < 1.29 is 19.7 Å². The second-order valence-electron chi connectivity index (χ2n) is 6.78. The zero-order chi connectivity index (χ0) is 20.3. The summed E-state index contributed by atoms with van der Waals surface area (Å²) in [6.45, 7) is 1.92. The maximum atomic E-state index is 9.16. The number of hydrogen-bond acceptors (Lipinski definition) is 4. The maximum Gasteiger partial charge on any atom is 0.158 e. The van der Waals surface area contributed by atoms with Crippen LogP contribution in [0.1, 0.15) is 58.3 Å². The molecule has 0 aromatic carbocycles. The normalized spacial score (nSPS) is 21.7. The number of hydrogen-bond donors (Lipinski definition) is 2. The topological polar surface area (TPSA) is 58.9 Å². The predicted molar refractivity (Wildman–Crippen MR) is 116 cm³/mol. The fourth-order valence-electron chi connectivity index (χ4n) is 2.83. The molecule has 0 saturated carbocycles. The van der Waals surface area contributed by atoms with Gasteiger partial charge in [-0.15, -0.1) is 0 Å². The van der Waals surface area contributed by atoms with Crippen LogP contribution in [-0.4, -0.2) is 41.9 Å². The van der Waals surface area contributed by atoms with Gasteiger partial charge in [-0.3, -0.25) is 0 Å². The highest BCUT2D eigenvalue weighted by molar-refractivity contribution is 5.00. The first-order valence-electron chi connectivity index (χ1n) is 10.6. The fourth-order valence-corrected chi connectivity index (χ4v) is 2.83. The third kappa shape index (κ3) is 12.1. The molecule has 1 aliphatic rings. The zero-order valence-corrected chi connectivity index (χ0v) is 17.3. The highest BCUT2D eigenvalue weighted by Crippen LogP contribution is 2.22. The van der Waals surface area contributed by atoms with Crippen molar-refractivity contribution in [3.05, 3.63) is 60.8 Å². The molecule has 158 valence electrons. The molecule has 0 aromatic rings. The van der Waals surface area contributed by atoms with Crippen LogP contribution < -0.4 is 0 Å². The first-order chi connectivity index (χ1) is 13.8. The molecule has 0 bridgehead atoms. The van der Waals surface area contributed by atoms with Crippen LogP contribution in [0.4, 0.5) is 0 Å². The molecule has 0 amide bonds. The Hall–Kier alpha value is -1.46. The number of aliphatic hydroxyl groups is 2. The first-order valence-corrected chi connectivity index (χ1v) is 10.6. The minimum absolute atomic E-state index is 0.115. The summed E-state index contributed by atoms with van der Waals surface area (Å²) in [6.07, 6.45) is 28.6. The molecule has 4 nitrogen and oxygen atoms in total. The van der Waals surface area contributed by atoms with E-state index in [1.165, 1.54) is 0 Å². The minimum Gasteiger partial charge on any atom is -0.394 e. The van der Waals surface area contributed by atoms with Crippen molar-refractivity contribution in [2.24, 2.45) is 0 Å². The van der Waals surface area contributed by atoms with E-state index in [0.29, 0.717) is 0 Å². The smallest absolute Gasteiger partial charge is 0.158 e. The average molecular weight is 391 g/mol. The van der Waals surface area contributed by atoms with Crippen LogP contribution >= 0.6 is 0 Å². The third-order valence-corrected chi connectivity index (χ3v) is 4.40. The summed E-state index contributed by atoms with van der Waals surface area (Å²) in [5.74, 6) is 0. The molecule has 0 unspecified atom stereocenters. The molecular formula is C24H38O4. The van der Waals surface area contributed by atoms with Gasteiger partial charge in [-0.2, -0.15) is 0 Å². The van der Waals surface area contributed by atoms with Crippen molar-refractivity contribution in [2.75, 3.05) is 13.2 Å². The van der Waals surface area contributed by atoms with Crippen LogP contribution in [0.2, 0.25) is 0 Å². The van der Waals surface area contributed by atoms with Gasteiger partial charge in [-0.25, -0.2) is 0 Å². The summed E-state index contributed by atoms with van der Waals surface area (Å²) >= 11 is 0.